The third kappa shape index (κ3) is 4.23. The standard InChI is InChI=1S/C16H23NO5S/c1-3-17(15-8-7-12(2)10-14(15)16(18)19)23(20,21)11-13-6-4-5-9-22-13/h7-8,10,13H,3-6,9,11H2,1-2H3,(H,18,19). The zero-order chi connectivity index (χ0) is 17.0. The second-order valence-electron chi connectivity index (χ2n) is 5.76. The first-order valence-corrected chi connectivity index (χ1v) is 9.42. The molecule has 1 atom stereocenters. The quantitative estimate of drug-likeness (QED) is 0.859. The van der Waals surface area contributed by atoms with Gasteiger partial charge in [-0.05, 0) is 45.2 Å². The highest BCUT2D eigenvalue weighted by Crippen LogP contribution is 2.26. The summed E-state index contributed by atoms with van der Waals surface area (Å²) in [6.07, 6.45) is 2.31. The number of benzene rings is 1. The molecule has 1 N–H and O–H groups in total. The van der Waals surface area contributed by atoms with Crippen LogP contribution in [0.5, 0.6) is 0 Å². The topological polar surface area (TPSA) is 83.9 Å². The number of hydrogen-bond acceptors (Lipinski definition) is 4. The van der Waals surface area contributed by atoms with Gasteiger partial charge in [-0.2, -0.15) is 0 Å². The number of carboxylic acid groups (broad SMARTS) is 1. The van der Waals surface area contributed by atoms with Crippen molar-refractivity contribution >= 4 is 21.7 Å². The molecular weight excluding hydrogens is 318 g/mol. The van der Waals surface area contributed by atoms with Crippen molar-refractivity contribution in [1.29, 1.82) is 0 Å². The van der Waals surface area contributed by atoms with E-state index in [1.807, 2.05) is 0 Å². The van der Waals surface area contributed by atoms with E-state index in [9.17, 15) is 18.3 Å². The number of aryl methyl sites for hydroxylation is 1. The van der Waals surface area contributed by atoms with Crippen LogP contribution in [0, 0.1) is 6.92 Å². The van der Waals surface area contributed by atoms with Gasteiger partial charge < -0.3 is 9.84 Å². The summed E-state index contributed by atoms with van der Waals surface area (Å²) in [7, 11) is -3.65. The lowest BCUT2D eigenvalue weighted by Gasteiger charge is -2.28. The van der Waals surface area contributed by atoms with Gasteiger partial charge in [-0.25, -0.2) is 13.2 Å². The lowest BCUT2D eigenvalue weighted by molar-refractivity contribution is 0.0305. The highest BCUT2D eigenvalue weighted by Gasteiger charge is 2.29. The van der Waals surface area contributed by atoms with Gasteiger partial charge in [-0.1, -0.05) is 11.6 Å². The van der Waals surface area contributed by atoms with Gasteiger partial charge in [0.15, 0.2) is 0 Å². The lowest BCUT2D eigenvalue weighted by Crippen LogP contribution is -2.39. The average Bonchev–Trinajstić information content (AvgIpc) is 2.49. The van der Waals surface area contributed by atoms with Crippen LogP contribution in [-0.4, -0.2) is 44.5 Å². The van der Waals surface area contributed by atoms with Crippen LogP contribution < -0.4 is 4.31 Å². The molecule has 1 aromatic carbocycles. The minimum absolute atomic E-state index is 0.0000115. The van der Waals surface area contributed by atoms with Gasteiger partial charge in [0.1, 0.15) is 0 Å². The zero-order valence-corrected chi connectivity index (χ0v) is 14.3. The maximum absolute atomic E-state index is 12.7. The number of anilines is 1. The van der Waals surface area contributed by atoms with E-state index in [0.29, 0.717) is 6.61 Å². The predicted octanol–water partition coefficient (Wildman–Crippen LogP) is 2.42. The maximum atomic E-state index is 12.7. The molecule has 1 heterocycles. The molecule has 1 aliphatic heterocycles. The van der Waals surface area contributed by atoms with Crippen molar-refractivity contribution in [2.45, 2.75) is 39.2 Å². The number of carboxylic acids is 1. The van der Waals surface area contributed by atoms with Crippen LogP contribution >= 0.6 is 0 Å². The first kappa shape index (κ1) is 17.7. The molecule has 23 heavy (non-hydrogen) atoms. The third-order valence-corrected chi connectivity index (χ3v) is 5.86. The van der Waals surface area contributed by atoms with Crippen molar-refractivity contribution in [3.63, 3.8) is 0 Å². The lowest BCUT2D eigenvalue weighted by atomic mass is 10.1. The molecule has 1 aromatic rings. The number of nitrogens with zero attached hydrogens (tertiary/aromatic N) is 1. The summed E-state index contributed by atoms with van der Waals surface area (Å²) in [6.45, 7) is 4.23. The molecule has 1 fully saturated rings. The van der Waals surface area contributed by atoms with Gasteiger partial charge in [0.2, 0.25) is 10.0 Å². The molecular formula is C16H23NO5S. The molecule has 2 rings (SSSR count). The van der Waals surface area contributed by atoms with Gasteiger partial charge in [0.25, 0.3) is 0 Å². The Hall–Kier alpha value is -1.60. The van der Waals surface area contributed by atoms with Gasteiger partial charge in [-0.15, -0.1) is 0 Å². The molecule has 0 aromatic heterocycles. The molecule has 0 spiro atoms. The fraction of sp³-hybridized carbons (Fsp3) is 0.562. The first-order valence-electron chi connectivity index (χ1n) is 7.81. The van der Waals surface area contributed by atoms with Crippen LogP contribution in [0.3, 0.4) is 0 Å². The van der Waals surface area contributed by atoms with Crippen LogP contribution in [0.25, 0.3) is 0 Å². The molecule has 0 saturated carbocycles. The molecule has 1 unspecified atom stereocenters. The van der Waals surface area contributed by atoms with Crippen molar-refractivity contribution in [2.24, 2.45) is 0 Å². The number of ether oxygens (including phenoxy) is 1. The Balaban J connectivity index is 2.33. The largest absolute Gasteiger partial charge is 0.478 e. The first-order chi connectivity index (χ1) is 10.8. The van der Waals surface area contributed by atoms with Gasteiger partial charge >= 0.3 is 5.97 Å². The smallest absolute Gasteiger partial charge is 0.337 e. The Labute approximate surface area is 137 Å². The van der Waals surface area contributed by atoms with E-state index < -0.39 is 16.0 Å². The third-order valence-electron chi connectivity index (χ3n) is 3.94. The molecule has 0 amide bonds. The number of hydrogen-bond donors (Lipinski definition) is 1. The van der Waals surface area contributed by atoms with Gasteiger partial charge in [0, 0.05) is 13.2 Å². The van der Waals surface area contributed by atoms with E-state index in [-0.39, 0.29) is 29.7 Å². The molecule has 0 aliphatic carbocycles. The van der Waals surface area contributed by atoms with Crippen LogP contribution in [0.1, 0.15) is 42.1 Å². The van der Waals surface area contributed by atoms with E-state index in [0.717, 1.165) is 24.8 Å². The zero-order valence-electron chi connectivity index (χ0n) is 13.5. The molecule has 1 saturated heterocycles. The fourth-order valence-electron chi connectivity index (χ4n) is 2.82. The predicted molar refractivity (Wildman–Crippen MR) is 88.5 cm³/mol. The Morgan fingerprint density at radius 3 is 2.70 bits per heavy atom. The second kappa shape index (κ2) is 7.31. The molecule has 7 heteroatoms. The van der Waals surface area contributed by atoms with Crippen molar-refractivity contribution in [3.05, 3.63) is 29.3 Å². The summed E-state index contributed by atoms with van der Waals surface area (Å²) >= 11 is 0. The summed E-state index contributed by atoms with van der Waals surface area (Å²) in [5.41, 5.74) is 0.983. The minimum Gasteiger partial charge on any atom is -0.478 e. The minimum atomic E-state index is -3.65. The Kier molecular flexibility index (Phi) is 5.64. The van der Waals surface area contributed by atoms with Crippen LogP contribution in [0.15, 0.2) is 18.2 Å². The maximum Gasteiger partial charge on any atom is 0.337 e. The van der Waals surface area contributed by atoms with E-state index in [4.69, 9.17) is 4.74 Å². The summed E-state index contributed by atoms with van der Waals surface area (Å²) in [5.74, 6) is -1.25. The Morgan fingerprint density at radius 2 is 2.13 bits per heavy atom. The summed E-state index contributed by atoms with van der Waals surface area (Å²) in [6, 6.07) is 4.77. The average molecular weight is 341 g/mol. The highest BCUT2D eigenvalue weighted by molar-refractivity contribution is 7.92. The molecule has 1 aliphatic rings. The monoisotopic (exact) mass is 341 g/mol. The van der Waals surface area contributed by atoms with Crippen LogP contribution in [0.2, 0.25) is 0 Å². The Morgan fingerprint density at radius 1 is 1.39 bits per heavy atom. The van der Waals surface area contributed by atoms with E-state index in [1.54, 1.807) is 26.0 Å². The van der Waals surface area contributed by atoms with Gasteiger partial charge in [0.05, 0.1) is 23.1 Å². The normalized spacial score (nSPS) is 18.6. The van der Waals surface area contributed by atoms with Gasteiger partial charge in [-0.3, -0.25) is 4.31 Å². The molecule has 128 valence electrons. The second-order valence-corrected chi connectivity index (χ2v) is 7.70. The molecule has 6 nitrogen and oxygen atoms in total. The van der Waals surface area contributed by atoms with E-state index >= 15 is 0 Å². The summed E-state index contributed by atoms with van der Waals surface area (Å²) < 4.78 is 32.2. The van der Waals surface area contributed by atoms with E-state index in [1.165, 1.54) is 10.4 Å². The summed E-state index contributed by atoms with van der Waals surface area (Å²) in [4.78, 5) is 11.5. The number of sulfonamides is 1. The number of aromatic carboxylic acids is 1. The number of carbonyl (C=O) groups is 1. The van der Waals surface area contributed by atoms with Crippen LogP contribution in [0.4, 0.5) is 5.69 Å². The van der Waals surface area contributed by atoms with Crippen molar-refractivity contribution in [3.8, 4) is 0 Å². The SMILES string of the molecule is CCN(c1ccc(C)cc1C(=O)O)S(=O)(=O)CC1CCCCO1. The van der Waals surface area contributed by atoms with Crippen LogP contribution in [-0.2, 0) is 14.8 Å². The molecule has 0 radical (unpaired) electrons. The van der Waals surface area contributed by atoms with Crippen molar-refractivity contribution in [1.82, 2.24) is 0 Å². The number of rotatable bonds is 6. The molecule has 0 bridgehead atoms. The van der Waals surface area contributed by atoms with Crippen molar-refractivity contribution < 1.29 is 23.1 Å². The summed E-state index contributed by atoms with van der Waals surface area (Å²) in [5, 5.41) is 9.38. The Bertz CT molecular complexity index is 665. The van der Waals surface area contributed by atoms with E-state index in [2.05, 4.69) is 0 Å². The fourth-order valence-corrected chi connectivity index (χ4v) is 4.58. The van der Waals surface area contributed by atoms with Crippen molar-refractivity contribution in [2.75, 3.05) is 23.2 Å². The highest BCUT2D eigenvalue weighted by atomic mass is 32.2.